The van der Waals surface area contributed by atoms with Crippen LogP contribution in [0.4, 0.5) is 9.18 Å². The second-order valence-corrected chi connectivity index (χ2v) is 4.87. The molecule has 1 aliphatic rings. The fraction of sp³-hybridized carbons (Fsp3) is 0.467. The van der Waals surface area contributed by atoms with Crippen molar-refractivity contribution in [3.63, 3.8) is 0 Å². The Kier molecular flexibility index (Phi) is 5.14. The molecule has 2 amide bonds. The number of hydrogen-bond acceptors (Lipinski definition) is 3. The fourth-order valence-corrected chi connectivity index (χ4v) is 2.53. The van der Waals surface area contributed by atoms with Crippen molar-refractivity contribution in [1.82, 2.24) is 10.2 Å². The maximum absolute atomic E-state index is 13.3. The number of likely N-dealkylation sites (tertiary alicyclic amines) is 1. The minimum Gasteiger partial charge on any atom is -0.465 e. The van der Waals surface area contributed by atoms with Crippen LogP contribution in [0.2, 0.25) is 0 Å². The summed E-state index contributed by atoms with van der Waals surface area (Å²) < 4.78 is 18.1. The lowest BCUT2D eigenvalue weighted by molar-refractivity contribution is -0.141. The monoisotopic (exact) mass is 294 g/mol. The van der Waals surface area contributed by atoms with Crippen molar-refractivity contribution in [2.45, 2.75) is 25.8 Å². The van der Waals surface area contributed by atoms with E-state index in [0.717, 1.165) is 18.4 Å². The molecule has 1 aromatic carbocycles. The SMILES string of the molecule is CCOC(=O)CNC(=O)N1CCC[C@H]1c1cccc(F)c1. The van der Waals surface area contributed by atoms with Gasteiger partial charge in [0.25, 0.3) is 0 Å². The van der Waals surface area contributed by atoms with Gasteiger partial charge in [-0.2, -0.15) is 0 Å². The van der Waals surface area contributed by atoms with Crippen LogP contribution in [0.15, 0.2) is 24.3 Å². The highest BCUT2D eigenvalue weighted by Crippen LogP contribution is 2.31. The number of halogens is 1. The van der Waals surface area contributed by atoms with E-state index in [0.29, 0.717) is 6.54 Å². The molecule has 1 aromatic rings. The number of nitrogens with zero attached hydrogens (tertiary/aromatic N) is 1. The number of ether oxygens (including phenoxy) is 1. The van der Waals surface area contributed by atoms with Gasteiger partial charge in [0.2, 0.25) is 0 Å². The summed E-state index contributed by atoms with van der Waals surface area (Å²) in [5.74, 6) is -0.779. The number of esters is 1. The Balaban J connectivity index is 1.98. The van der Waals surface area contributed by atoms with Gasteiger partial charge < -0.3 is 15.0 Å². The van der Waals surface area contributed by atoms with Gasteiger partial charge in [-0.15, -0.1) is 0 Å². The predicted octanol–water partition coefficient (Wildman–Crippen LogP) is 2.24. The van der Waals surface area contributed by atoms with E-state index < -0.39 is 5.97 Å². The number of hydrogen-bond donors (Lipinski definition) is 1. The van der Waals surface area contributed by atoms with Gasteiger partial charge in [-0.25, -0.2) is 9.18 Å². The number of carbonyl (C=O) groups excluding carboxylic acids is 2. The summed E-state index contributed by atoms with van der Waals surface area (Å²) in [4.78, 5) is 25.0. The van der Waals surface area contributed by atoms with Crippen LogP contribution in [0.25, 0.3) is 0 Å². The number of carbonyl (C=O) groups is 2. The molecule has 1 saturated heterocycles. The highest BCUT2D eigenvalue weighted by molar-refractivity contribution is 5.81. The van der Waals surface area contributed by atoms with Gasteiger partial charge in [-0.3, -0.25) is 4.79 Å². The second kappa shape index (κ2) is 7.06. The van der Waals surface area contributed by atoms with E-state index in [1.807, 2.05) is 6.07 Å². The Morgan fingerprint density at radius 3 is 3.00 bits per heavy atom. The third kappa shape index (κ3) is 3.93. The van der Waals surface area contributed by atoms with E-state index in [1.54, 1.807) is 17.9 Å². The van der Waals surface area contributed by atoms with Gasteiger partial charge in [0.05, 0.1) is 12.6 Å². The summed E-state index contributed by atoms with van der Waals surface area (Å²) in [5, 5.41) is 2.54. The third-order valence-corrected chi connectivity index (χ3v) is 3.44. The minimum absolute atomic E-state index is 0.150. The van der Waals surface area contributed by atoms with Crippen LogP contribution in [-0.4, -0.2) is 36.6 Å². The molecule has 1 heterocycles. The topological polar surface area (TPSA) is 58.6 Å². The summed E-state index contributed by atoms with van der Waals surface area (Å²) >= 11 is 0. The van der Waals surface area contributed by atoms with Gasteiger partial charge in [0.1, 0.15) is 12.4 Å². The first-order valence-electron chi connectivity index (χ1n) is 7.07. The Labute approximate surface area is 123 Å². The molecular formula is C15H19FN2O3. The Hall–Kier alpha value is -2.11. The maximum atomic E-state index is 13.3. The zero-order valence-electron chi connectivity index (χ0n) is 12.0. The third-order valence-electron chi connectivity index (χ3n) is 3.44. The number of amides is 2. The molecule has 1 atom stereocenters. The van der Waals surface area contributed by atoms with Crippen LogP contribution in [0.1, 0.15) is 31.4 Å². The molecule has 0 spiro atoms. The van der Waals surface area contributed by atoms with Crippen molar-refractivity contribution in [3.05, 3.63) is 35.6 Å². The molecule has 0 bridgehead atoms. The molecule has 0 saturated carbocycles. The van der Waals surface area contributed by atoms with E-state index >= 15 is 0 Å². The van der Waals surface area contributed by atoms with E-state index in [-0.39, 0.29) is 31.0 Å². The molecule has 0 radical (unpaired) electrons. The molecule has 0 aliphatic carbocycles. The summed E-state index contributed by atoms with van der Waals surface area (Å²) in [6.45, 7) is 2.43. The normalized spacial score (nSPS) is 17.6. The van der Waals surface area contributed by atoms with Gasteiger partial charge in [0, 0.05) is 6.54 Å². The molecule has 1 fully saturated rings. The lowest BCUT2D eigenvalue weighted by Gasteiger charge is -2.25. The molecule has 21 heavy (non-hydrogen) atoms. The second-order valence-electron chi connectivity index (χ2n) is 4.87. The first kappa shape index (κ1) is 15.3. The Bertz CT molecular complexity index is 521. The number of nitrogens with one attached hydrogen (secondary N) is 1. The van der Waals surface area contributed by atoms with Gasteiger partial charge in [0.15, 0.2) is 0 Å². The first-order chi connectivity index (χ1) is 10.1. The van der Waals surface area contributed by atoms with Crippen molar-refractivity contribution in [2.75, 3.05) is 19.7 Å². The predicted molar refractivity (Wildman–Crippen MR) is 75.1 cm³/mol. The summed E-state index contributed by atoms with van der Waals surface area (Å²) in [7, 11) is 0. The molecule has 0 aromatic heterocycles. The van der Waals surface area contributed by atoms with E-state index in [1.165, 1.54) is 12.1 Å². The summed E-state index contributed by atoms with van der Waals surface area (Å²) in [6, 6.07) is 5.80. The van der Waals surface area contributed by atoms with E-state index in [2.05, 4.69) is 5.32 Å². The van der Waals surface area contributed by atoms with Crippen LogP contribution in [0.5, 0.6) is 0 Å². The maximum Gasteiger partial charge on any atom is 0.325 e. The van der Waals surface area contributed by atoms with Crippen LogP contribution < -0.4 is 5.32 Å². The molecule has 2 rings (SSSR count). The highest BCUT2D eigenvalue weighted by Gasteiger charge is 2.30. The molecule has 1 N–H and O–H groups in total. The van der Waals surface area contributed by atoms with Crippen molar-refractivity contribution < 1.29 is 18.7 Å². The summed E-state index contributed by atoms with van der Waals surface area (Å²) in [5.41, 5.74) is 0.777. The Morgan fingerprint density at radius 2 is 2.29 bits per heavy atom. The first-order valence-corrected chi connectivity index (χ1v) is 7.07. The van der Waals surface area contributed by atoms with Gasteiger partial charge >= 0.3 is 12.0 Å². The van der Waals surface area contributed by atoms with Crippen LogP contribution in [0.3, 0.4) is 0 Å². The molecule has 5 nitrogen and oxygen atoms in total. The van der Waals surface area contributed by atoms with Gasteiger partial charge in [-0.1, -0.05) is 12.1 Å². The largest absolute Gasteiger partial charge is 0.465 e. The van der Waals surface area contributed by atoms with E-state index in [9.17, 15) is 14.0 Å². The smallest absolute Gasteiger partial charge is 0.325 e. The highest BCUT2D eigenvalue weighted by atomic mass is 19.1. The average molecular weight is 294 g/mol. The molecular weight excluding hydrogens is 275 g/mol. The molecule has 114 valence electrons. The molecule has 0 unspecified atom stereocenters. The zero-order valence-corrected chi connectivity index (χ0v) is 12.0. The van der Waals surface area contributed by atoms with Crippen LogP contribution in [0, 0.1) is 5.82 Å². The molecule has 1 aliphatic heterocycles. The Morgan fingerprint density at radius 1 is 1.48 bits per heavy atom. The average Bonchev–Trinajstić information content (AvgIpc) is 2.94. The quantitative estimate of drug-likeness (QED) is 0.866. The number of benzene rings is 1. The standard InChI is InChI=1S/C15H19FN2O3/c1-2-21-14(19)10-17-15(20)18-8-4-7-13(18)11-5-3-6-12(16)9-11/h3,5-6,9,13H,2,4,7-8,10H2,1H3,(H,17,20)/t13-/m0/s1. The van der Waals surface area contributed by atoms with Crippen molar-refractivity contribution >= 4 is 12.0 Å². The van der Waals surface area contributed by atoms with Crippen LogP contribution in [-0.2, 0) is 9.53 Å². The zero-order chi connectivity index (χ0) is 15.2. The van der Waals surface area contributed by atoms with Crippen molar-refractivity contribution in [1.29, 1.82) is 0 Å². The lowest BCUT2D eigenvalue weighted by Crippen LogP contribution is -2.42. The lowest BCUT2D eigenvalue weighted by atomic mass is 10.0. The number of rotatable bonds is 4. The van der Waals surface area contributed by atoms with Crippen LogP contribution >= 0.6 is 0 Å². The minimum atomic E-state index is -0.465. The van der Waals surface area contributed by atoms with Crippen molar-refractivity contribution in [2.24, 2.45) is 0 Å². The summed E-state index contributed by atoms with van der Waals surface area (Å²) in [6.07, 6.45) is 1.64. The van der Waals surface area contributed by atoms with Gasteiger partial charge in [-0.05, 0) is 37.5 Å². The van der Waals surface area contributed by atoms with E-state index in [4.69, 9.17) is 4.74 Å². The number of urea groups is 1. The fourth-order valence-electron chi connectivity index (χ4n) is 2.53. The molecule has 6 heteroatoms. The van der Waals surface area contributed by atoms with Crippen molar-refractivity contribution in [3.8, 4) is 0 Å².